The summed E-state index contributed by atoms with van der Waals surface area (Å²) in [6, 6.07) is 0. The lowest BCUT2D eigenvalue weighted by Gasteiger charge is -2.56. The number of carbonyl (C=O) groups excluding carboxylic acids is 2. The number of rotatable bonds is 3. The SMILES string of the molecule is C=C(C)C(=O)OC(C)(C)C12CC3CC(O)(CC(C1)C(=O)O3)C2. The van der Waals surface area contributed by atoms with Crippen LogP contribution in [0.5, 0.6) is 0 Å². The zero-order chi connectivity index (χ0) is 16.3. The molecule has 2 saturated heterocycles. The predicted molar refractivity (Wildman–Crippen MR) is 78.8 cm³/mol. The van der Waals surface area contributed by atoms with Crippen molar-refractivity contribution in [3.63, 3.8) is 0 Å². The second-order valence-electron chi connectivity index (χ2n) is 7.93. The molecule has 122 valence electrons. The lowest BCUT2D eigenvalue weighted by atomic mass is 9.52. The normalized spacial score (nSPS) is 40.1. The average molecular weight is 308 g/mol. The van der Waals surface area contributed by atoms with Crippen molar-refractivity contribution in [3.05, 3.63) is 12.2 Å². The van der Waals surface area contributed by atoms with Crippen LogP contribution < -0.4 is 0 Å². The second-order valence-corrected chi connectivity index (χ2v) is 7.93. The van der Waals surface area contributed by atoms with Gasteiger partial charge in [0.1, 0.15) is 11.7 Å². The minimum Gasteiger partial charge on any atom is -0.462 e. The molecule has 22 heavy (non-hydrogen) atoms. The van der Waals surface area contributed by atoms with Crippen LogP contribution in [0.2, 0.25) is 0 Å². The van der Waals surface area contributed by atoms with E-state index in [2.05, 4.69) is 6.58 Å². The Morgan fingerprint density at radius 2 is 2.05 bits per heavy atom. The van der Waals surface area contributed by atoms with E-state index < -0.39 is 22.6 Å². The molecular weight excluding hydrogens is 284 g/mol. The molecule has 4 aliphatic rings. The summed E-state index contributed by atoms with van der Waals surface area (Å²) in [5, 5.41) is 10.9. The molecule has 4 fully saturated rings. The van der Waals surface area contributed by atoms with Crippen molar-refractivity contribution < 1.29 is 24.2 Å². The lowest BCUT2D eigenvalue weighted by Crippen LogP contribution is -2.59. The average Bonchev–Trinajstić information content (AvgIpc) is 2.49. The van der Waals surface area contributed by atoms with Gasteiger partial charge in [0.05, 0.1) is 11.5 Å². The summed E-state index contributed by atoms with van der Waals surface area (Å²) in [6.07, 6.45) is 2.42. The first-order chi connectivity index (χ1) is 10.1. The summed E-state index contributed by atoms with van der Waals surface area (Å²) in [4.78, 5) is 24.1. The highest BCUT2D eigenvalue weighted by atomic mass is 16.6. The van der Waals surface area contributed by atoms with E-state index in [1.54, 1.807) is 6.92 Å². The van der Waals surface area contributed by atoms with Gasteiger partial charge in [-0.25, -0.2) is 4.79 Å². The van der Waals surface area contributed by atoms with Crippen LogP contribution in [0, 0.1) is 11.3 Å². The van der Waals surface area contributed by atoms with E-state index in [9.17, 15) is 14.7 Å². The Labute approximate surface area is 130 Å². The predicted octanol–water partition coefficient (Wildman–Crippen LogP) is 2.12. The van der Waals surface area contributed by atoms with E-state index in [1.807, 2.05) is 13.8 Å². The Bertz CT molecular complexity index is 551. The minimum absolute atomic E-state index is 0.218. The highest BCUT2D eigenvalue weighted by Crippen LogP contribution is 2.61. The fourth-order valence-corrected chi connectivity index (χ4v) is 4.66. The van der Waals surface area contributed by atoms with Crippen LogP contribution in [0.25, 0.3) is 0 Å². The molecule has 2 aliphatic heterocycles. The van der Waals surface area contributed by atoms with Gasteiger partial charge in [0.15, 0.2) is 0 Å². The van der Waals surface area contributed by atoms with Gasteiger partial charge in [0.2, 0.25) is 0 Å². The van der Waals surface area contributed by atoms with Gasteiger partial charge in [-0.15, -0.1) is 0 Å². The van der Waals surface area contributed by atoms with Crippen LogP contribution in [0.4, 0.5) is 0 Å². The van der Waals surface area contributed by atoms with Gasteiger partial charge >= 0.3 is 11.9 Å². The maximum atomic E-state index is 12.1. The number of carbonyl (C=O) groups is 2. The largest absolute Gasteiger partial charge is 0.462 e. The van der Waals surface area contributed by atoms with E-state index in [4.69, 9.17) is 9.47 Å². The van der Waals surface area contributed by atoms with E-state index in [1.165, 1.54) is 0 Å². The molecule has 1 N–H and O–H groups in total. The van der Waals surface area contributed by atoms with Crippen LogP contribution in [0.15, 0.2) is 12.2 Å². The van der Waals surface area contributed by atoms with Crippen molar-refractivity contribution in [1.82, 2.24) is 0 Å². The van der Waals surface area contributed by atoms with Crippen LogP contribution in [0.3, 0.4) is 0 Å². The molecule has 0 aromatic rings. The van der Waals surface area contributed by atoms with Gasteiger partial charge in [-0.05, 0) is 46.5 Å². The first-order valence-corrected chi connectivity index (χ1v) is 7.88. The third-order valence-electron chi connectivity index (χ3n) is 5.75. The van der Waals surface area contributed by atoms with Crippen molar-refractivity contribution in [2.75, 3.05) is 0 Å². The van der Waals surface area contributed by atoms with Gasteiger partial charge in [-0.3, -0.25) is 4.79 Å². The summed E-state index contributed by atoms with van der Waals surface area (Å²) >= 11 is 0. The smallest absolute Gasteiger partial charge is 0.333 e. The quantitative estimate of drug-likeness (QED) is 0.638. The van der Waals surface area contributed by atoms with Crippen LogP contribution in [-0.2, 0) is 19.1 Å². The standard InChI is InChI=1S/C17H24O5/c1-10(2)13(18)22-15(3,4)16-5-11-6-17(20,9-16)8-12(7-16)21-14(11)19/h11-12,20H,1,5-9H2,2-4H3. The zero-order valence-electron chi connectivity index (χ0n) is 13.5. The van der Waals surface area contributed by atoms with Gasteiger partial charge < -0.3 is 14.6 Å². The van der Waals surface area contributed by atoms with Crippen molar-refractivity contribution in [1.29, 1.82) is 0 Å². The molecule has 4 unspecified atom stereocenters. The van der Waals surface area contributed by atoms with Crippen molar-refractivity contribution in [3.8, 4) is 0 Å². The zero-order valence-corrected chi connectivity index (χ0v) is 13.5. The maximum absolute atomic E-state index is 12.1. The molecule has 4 bridgehead atoms. The fourth-order valence-electron chi connectivity index (χ4n) is 4.66. The van der Waals surface area contributed by atoms with Gasteiger partial charge in [0, 0.05) is 17.4 Å². The summed E-state index contributed by atoms with van der Waals surface area (Å²) in [7, 11) is 0. The van der Waals surface area contributed by atoms with Gasteiger partial charge in [-0.1, -0.05) is 6.58 Å². The third-order valence-corrected chi connectivity index (χ3v) is 5.75. The Morgan fingerprint density at radius 1 is 1.36 bits per heavy atom. The number of aliphatic hydroxyl groups is 1. The van der Waals surface area contributed by atoms with Crippen molar-refractivity contribution in [2.45, 2.75) is 70.2 Å². The van der Waals surface area contributed by atoms with Crippen LogP contribution in [0.1, 0.15) is 52.9 Å². The lowest BCUT2D eigenvalue weighted by molar-refractivity contribution is -0.203. The molecule has 0 aromatic heterocycles. The molecule has 2 heterocycles. The molecule has 0 radical (unpaired) electrons. The Hall–Kier alpha value is -1.36. The summed E-state index contributed by atoms with van der Waals surface area (Å²) < 4.78 is 11.2. The van der Waals surface area contributed by atoms with E-state index in [0.717, 1.165) is 0 Å². The maximum Gasteiger partial charge on any atom is 0.333 e. The summed E-state index contributed by atoms with van der Waals surface area (Å²) in [6.45, 7) is 8.98. The first kappa shape index (κ1) is 15.5. The number of hydrogen-bond acceptors (Lipinski definition) is 5. The van der Waals surface area contributed by atoms with Crippen molar-refractivity contribution in [2.24, 2.45) is 11.3 Å². The number of hydrogen-bond donors (Lipinski definition) is 1. The molecule has 0 spiro atoms. The Balaban J connectivity index is 1.96. The topological polar surface area (TPSA) is 72.8 Å². The number of ether oxygens (including phenoxy) is 2. The van der Waals surface area contributed by atoms with Crippen LogP contribution in [-0.4, -0.2) is 34.4 Å². The minimum atomic E-state index is -0.898. The van der Waals surface area contributed by atoms with E-state index in [0.29, 0.717) is 37.7 Å². The number of fused-ring (bicyclic) bond motifs is 1. The third kappa shape index (κ3) is 2.26. The fraction of sp³-hybridized carbons (Fsp3) is 0.765. The molecule has 4 rings (SSSR count). The van der Waals surface area contributed by atoms with E-state index >= 15 is 0 Å². The molecule has 0 amide bonds. The molecule has 2 saturated carbocycles. The highest BCUT2D eigenvalue weighted by Gasteiger charge is 2.64. The molecule has 5 heteroatoms. The molecule has 4 atom stereocenters. The second kappa shape index (κ2) is 4.57. The highest BCUT2D eigenvalue weighted by molar-refractivity contribution is 5.87. The van der Waals surface area contributed by atoms with Gasteiger partial charge in [0.25, 0.3) is 0 Å². The number of esters is 2. The summed E-state index contributed by atoms with van der Waals surface area (Å²) in [5.41, 5.74) is -1.78. The summed E-state index contributed by atoms with van der Waals surface area (Å²) in [5.74, 6) is -0.961. The Kier molecular flexibility index (Phi) is 3.23. The first-order valence-electron chi connectivity index (χ1n) is 7.88. The van der Waals surface area contributed by atoms with Gasteiger partial charge in [-0.2, -0.15) is 0 Å². The molecule has 0 aromatic carbocycles. The Morgan fingerprint density at radius 3 is 2.68 bits per heavy atom. The molecule has 2 aliphatic carbocycles. The van der Waals surface area contributed by atoms with E-state index in [-0.39, 0.29) is 18.0 Å². The van der Waals surface area contributed by atoms with Crippen LogP contribution >= 0.6 is 0 Å². The molecule has 5 nitrogen and oxygen atoms in total. The van der Waals surface area contributed by atoms with Crippen molar-refractivity contribution >= 4 is 11.9 Å². The molecular formula is C17H24O5. The monoisotopic (exact) mass is 308 g/mol.